The highest BCUT2D eigenvalue weighted by Gasteiger charge is 2.41. The average molecular weight is 289 g/mol. The number of nitrogens with zero attached hydrogens (tertiary/aromatic N) is 2. The van der Waals surface area contributed by atoms with E-state index in [2.05, 4.69) is 11.9 Å². The van der Waals surface area contributed by atoms with Crippen molar-refractivity contribution in [2.45, 2.75) is 64.6 Å². The number of rotatable bonds is 4. The largest absolute Gasteiger partial charge is 0.333 e. The van der Waals surface area contributed by atoms with Crippen LogP contribution in [0.5, 0.6) is 0 Å². The highest BCUT2D eigenvalue weighted by Crippen LogP contribution is 2.32. The van der Waals surface area contributed by atoms with Crippen LogP contribution < -0.4 is 5.73 Å². The molecule has 2 unspecified atom stereocenters. The lowest BCUT2D eigenvalue weighted by Crippen LogP contribution is -2.58. The van der Waals surface area contributed by atoms with Crippen molar-refractivity contribution in [3.63, 3.8) is 0 Å². The minimum absolute atomic E-state index is 0.0784. The van der Waals surface area contributed by atoms with Crippen molar-refractivity contribution in [2.24, 2.45) is 11.7 Å². The number of hydrogen-bond acceptors (Lipinski definition) is 3. The molecule has 4 nitrogen and oxygen atoms in total. The van der Waals surface area contributed by atoms with Gasteiger partial charge >= 0.3 is 0 Å². The SMILES string of the molecule is CC1CCCC(N)(C(=O)N(Cc2ccccn2)C(C)C)C1. The van der Waals surface area contributed by atoms with Crippen molar-refractivity contribution in [1.29, 1.82) is 0 Å². The fourth-order valence-corrected chi connectivity index (χ4v) is 3.23. The fourth-order valence-electron chi connectivity index (χ4n) is 3.23. The molecule has 0 saturated heterocycles. The number of hydrogen-bond donors (Lipinski definition) is 1. The van der Waals surface area contributed by atoms with Crippen molar-refractivity contribution in [3.05, 3.63) is 30.1 Å². The summed E-state index contributed by atoms with van der Waals surface area (Å²) in [6.07, 6.45) is 5.56. The first-order valence-corrected chi connectivity index (χ1v) is 7.92. The van der Waals surface area contributed by atoms with Crippen molar-refractivity contribution >= 4 is 5.91 Å². The number of amides is 1. The van der Waals surface area contributed by atoms with E-state index >= 15 is 0 Å². The van der Waals surface area contributed by atoms with E-state index in [0.717, 1.165) is 25.0 Å². The van der Waals surface area contributed by atoms with Crippen LogP contribution in [-0.2, 0) is 11.3 Å². The second kappa shape index (κ2) is 6.56. The molecule has 1 saturated carbocycles. The summed E-state index contributed by atoms with van der Waals surface area (Å²) >= 11 is 0. The Morgan fingerprint density at radius 3 is 2.86 bits per heavy atom. The molecule has 1 heterocycles. The Hall–Kier alpha value is -1.42. The predicted molar refractivity (Wildman–Crippen MR) is 84.5 cm³/mol. The molecule has 2 atom stereocenters. The van der Waals surface area contributed by atoms with Crippen LogP contribution in [0.15, 0.2) is 24.4 Å². The maximum Gasteiger partial charge on any atom is 0.243 e. The van der Waals surface area contributed by atoms with Crippen LogP contribution >= 0.6 is 0 Å². The van der Waals surface area contributed by atoms with Crippen LogP contribution in [0.3, 0.4) is 0 Å². The number of pyridine rings is 1. The predicted octanol–water partition coefficient (Wildman–Crippen LogP) is 2.73. The molecule has 0 bridgehead atoms. The third-order valence-electron chi connectivity index (χ3n) is 4.40. The van der Waals surface area contributed by atoms with Gasteiger partial charge in [-0.1, -0.05) is 25.8 Å². The van der Waals surface area contributed by atoms with Crippen LogP contribution in [0.4, 0.5) is 0 Å². The maximum absolute atomic E-state index is 13.0. The van der Waals surface area contributed by atoms with Gasteiger partial charge in [0.25, 0.3) is 0 Å². The minimum atomic E-state index is -0.698. The third kappa shape index (κ3) is 3.82. The lowest BCUT2D eigenvalue weighted by atomic mass is 9.76. The molecule has 0 spiro atoms. The lowest BCUT2D eigenvalue weighted by molar-refractivity contribution is -0.141. The average Bonchev–Trinajstić information content (AvgIpc) is 2.44. The Bertz CT molecular complexity index is 474. The summed E-state index contributed by atoms with van der Waals surface area (Å²) in [5, 5.41) is 0. The zero-order chi connectivity index (χ0) is 15.5. The Kier molecular flexibility index (Phi) is 4.99. The first kappa shape index (κ1) is 16.0. The van der Waals surface area contributed by atoms with Gasteiger partial charge in [0.05, 0.1) is 17.8 Å². The van der Waals surface area contributed by atoms with Crippen LogP contribution in [0, 0.1) is 5.92 Å². The first-order valence-electron chi connectivity index (χ1n) is 7.92. The van der Waals surface area contributed by atoms with E-state index in [-0.39, 0.29) is 11.9 Å². The van der Waals surface area contributed by atoms with E-state index in [1.807, 2.05) is 36.9 Å². The molecule has 0 aromatic carbocycles. The summed E-state index contributed by atoms with van der Waals surface area (Å²) in [6.45, 7) is 6.80. The monoisotopic (exact) mass is 289 g/mol. The fraction of sp³-hybridized carbons (Fsp3) is 0.647. The molecule has 21 heavy (non-hydrogen) atoms. The molecule has 0 aliphatic heterocycles. The molecule has 4 heteroatoms. The quantitative estimate of drug-likeness (QED) is 0.927. The molecular formula is C17H27N3O. The zero-order valence-corrected chi connectivity index (χ0v) is 13.4. The normalized spacial score (nSPS) is 25.9. The second-order valence-electron chi connectivity index (χ2n) is 6.71. The Labute approximate surface area is 127 Å². The van der Waals surface area contributed by atoms with Crippen LogP contribution in [-0.4, -0.2) is 27.4 Å². The highest BCUT2D eigenvalue weighted by atomic mass is 16.2. The highest BCUT2D eigenvalue weighted by molar-refractivity contribution is 5.86. The maximum atomic E-state index is 13.0. The Morgan fingerprint density at radius 1 is 1.52 bits per heavy atom. The molecule has 1 fully saturated rings. The molecule has 1 aromatic heterocycles. The smallest absolute Gasteiger partial charge is 0.243 e. The molecule has 1 amide bonds. The van der Waals surface area contributed by atoms with Crippen molar-refractivity contribution < 1.29 is 4.79 Å². The molecule has 1 aliphatic rings. The van der Waals surface area contributed by atoms with Gasteiger partial charge in [0, 0.05) is 12.2 Å². The summed E-state index contributed by atoms with van der Waals surface area (Å²) in [5.74, 6) is 0.603. The van der Waals surface area contributed by atoms with Crippen LogP contribution in [0.2, 0.25) is 0 Å². The molecule has 2 rings (SSSR count). The Morgan fingerprint density at radius 2 is 2.29 bits per heavy atom. The van der Waals surface area contributed by atoms with Crippen LogP contribution in [0.1, 0.15) is 52.1 Å². The van der Waals surface area contributed by atoms with E-state index in [0.29, 0.717) is 12.5 Å². The van der Waals surface area contributed by atoms with E-state index in [1.54, 1.807) is 6.20 Å². The Balaban J connectivity index is 2.15. The van der Waals surface area contributed by atoms with E-state index < -0.39 is 5.54 Å². The lowest BCUT2D eigenvalue weighted by Gasteiger charge is -2.40. The summed E-state index contributed by atoms with van der Waals surface area (Å²) in [4.78, 5) is 19.2. The van der Waals surface area contributed by atoms with Crippen molar-refractivity contribution in [1.82, 2.24) is 9.88 Å². The number of carbonyl (C=O) groups excluding carboxylic acids is 1. The molecule has 2 N–H and O–H groups in total. The minimum Gasteiger partial charge on any atom is -0.333 e. The van der Waals surface area contributed by atoms with E-state index in [9.17, 15) is 4.79 Å². The van der Waals surface area contributed by atoms with Crippen LogP contribution in [0.25, 0.3) is 0 Å². The van der Waals surface area contributed by atoms with E-state index in [4.69, 9.17) is 5.73 Å². The summed E-state index contributed by atoms with van der Waals surface area (Å²) in [7, 11) is 0. The van der Waals surface area contributed by atoms with Gasteiger partial charge in [-0.2, -0.15) is 0 Å². The van der Waals surface area contributed by atoms with Gasteiger partial charge in [0.2, 0.25) is 5.91 Å². The molecule has 1 aliphatic carbocycles. The van der Waals surface area contributed by atoms with Gasteiger partial charge < -0.3 is 10.6 Å². The molecule has 1 aromatic rings. The summed E-state index contributed by atoms with van der Waals surface area (Å²) in [5.41, 5.74) is 6.69. The van der Waals surface area contributed by atoms with Crippen molar-refractivity contribution in [3.8, 4) is 0 Å². The van der Waals surface area contributed by atoms with Gasteiger partial charge in [-0.25, -0.2) is 0 Å². The van der Waals surface area contributed by atoms with Crippen molar-refractivity contribution in [2.75, 3.05) is 0 Å². The molecule has 116 valence electrons. The zero-order valence-electron chi connectivity index (χ0n) is 13.4. The van der Waals surface area contributed by atoms with Gasteiger partial charge in [0.1, 0.15) is 0 Å². The number of carbonyl (C=O) groups is 1. The van der Waals surface area contributed by atoms with Gasteiger partial charge in [-0.15, -0.1) is 0 Å². The van der Waals surface area contributed by atoms with Gasteiger partial charge in [-0.05, 0) is 44.7 Å². The van der Waals surface area contributed by atoms with Gasteiger partial charge in [0.15, 0.2) is 0 Å². The summed E-state index contributed by atoms with van der Waals surface area (Å²) in [6, 6.07) is 5.91. The first-order chi connectivity index (χ1) is 9.92. The third-order valence-corrected chi connectivity index (χ3v) is 4.40. The summed E-state index contributed by atoms with van der Waals surface area (Å²) < 4.78 is 0. The molecular weight excluding hydrogens is 262 g/mol. The standard InChI is InChI=1S/C17H27N3O/c1-13(2)20(12-15-8-4-5-10-19-15)16(21)17(18)9-6-7-14(3)11-17/h4-5,8,10,13-14H,6-7,9,11-12,18H2,1-3H3. The van der Waals surface area contributed by atoms with E-state index in [1.165, 1.54) is 6.42 Å². The van der Waals surface area contributed by atoms with Gasteiger partial charge in [-0.3, -0.25) is 9.78 Å². The molecule has 0 radical (unpaired) electrons. The topological polar surface area (TPSA) is 59.2 Å². The number of nitrogens with two attached hydrogens (primary N) is 1. The number of aromatic nitrogens is 1. The second-order valence-corrected chi connectivity index (χ2v) is 6.71.